The predicted octanol–water partition coefficient (Wildman–Crippen LogP) is 5.55. The van der Waals surface area contributed by atoms with Crippen molar-refractivity contribution >= 4 is 72.7 Å². The maximum Gasteiger partial charge on any atom is 0.266 e. The van der Waals surface area contributed by atoms with Crippen LogP contribution in [-0.2, 0) is 4.79 Å². The van der Waals surface area contributed by atoms with Crippen LogP contribution in [0, 0.1) is 10.5 Å². The molecular formula is C24H15BrIN3O2. The van der Waals surface area contributed by atoms with Crippen molar-refractivity contribution in [1.29, 1.82) is 0 Å². The normalized spacial score (nSPS) is 14.2. The average molecular weight is 584 g/mol. The lowest BCUT2D eigenvalue weighted by Crippen LogP contribution is -2.23. The predicted molar refractivity (Wildman–Crippen MR) is 135 cm³/mol. The molecule has 4 aromatic rings. The monoisotopic (exact) mass is 583 g/mol. The van der Waals surface area contributed by atoms with E-state index in [1.807, 2.05) is 67.6 Å². The number of aromatic nitrogens is 2. The molecule has 0 spiro atoms. The van der Waals surface area contributed by atoms with E-state index in [2.05, 4.69) is 43.8 Å². The molecular weight excluding hydrogens is 569 g/mol. The zero-order valence-electron chi connectivity index (χ0n) is 16.3. The van der Waals surface area contributed by atoms with Crippen molar-refractivity contribution < 1.29 is 4.79 Å². The Balaban J connectivity index is 1.83. The van der Waals surface area contributed by atoms with Crippen LogP contribution in [0.25, 0.3) is 28.2 Å². The number of anilines is 1. The smallest absolute Gasteiger partial charge is 0.266 e. The number of benzene rings is 3. The first kappa shape index (κ1) is 20.1. The van der Waals surface area contributed by atoms with Gasteiger partial charge in [-0.15, -0.1) is 0 Å². The van der Waals surface area contributed by atoms with Gasteiger partial charge in [-0.3, -0.25) is 14.2 Å². The Hall–Kier alpha value is -2.78. The third-order valence-electron chi connectivity index (χ3n) is 5.15. The number of amides is 1. The molecule has 5 rings (SSSR count). The van der Waals surface area contributed by atoms with Crippen LogP contribution in [-0.4, -0.2) is 15.5 Å². The molecule has 7 heteroatoms. The first-order chi connectivity index (χ1) is 14.9. The standard InChI is InChI=1S/C24H15BrIN3O2/c1-13-3-2-4-16(9-13)29-22(27-21-8-6-15(26)11-19(21)24(29)31)12-18-17-10-14(25)5-7-20(17)28-23(18)30/h2-12H,1H3,(H,28,30)/b18-12-. The number of halogens is 2. The fraction of sp³-hybridized carbons (Fsp3) is 0.0417. The van der Waals surface area contributed by atoms with Crippen molar-refractivity contribution in [2.24, 2.45) is 0 Å². The van der Waals surface area contributed by atoms with E-state index in [4.69, 9.17) is 4.98 Å². The Bertz CT molecular complexity index is 1490. The van der Waals surface area contributed by atoms with E-state index < -0.39 is 0 Å². The van der Waals surface area contributed by atoms with Gasteiger partial charge in [0.05, 0.1) is 22.2 Å². The number of hydrogen-bond acceptors (Lipinski definition) is 3. The summed E-state index contributed by atoms with van der Waals surface area (Å²) in [4.78, 5) is 31.0. The molecule has 152 valence electrons. The highest BCUT2D eigenvalue weighted by Gasteiger charge is 2.25. The first-order valence-electron chi connectivity index (χ1n) is 9.53. The zero-order valence-corrected chi connectivity index (χ0v) is 20.1. The molecule has 0 bridgehead atoms. The van der Waals surface area contributed by atoms with Gasteiger partial charge < -0.3 is 5.32 Å². The summed E-state index contributed by atoms with van der Waals surface area (Å²) in [7, 11) is 0. The summed E-state index contributed by atoms with van der Waals surface area (Å²) >= 11 is 5.66. The van der Waals surface area contributed by atoms with E-state index in [9.17, 15) is 9.59 Å². The van der Waals surface area contributed by atoms with Crippen LogP contribution in [0.1, 0.15) is 17.0 Å². The molecule has 3 aromatic carbocycles. The molecule has 1 aromatic heterocycles. The van der Waals surface area contributed by atoms with E-state index in [1.165, 1.54) is 0 Å². The molecule has 0 saturated carbocycles. The van der Waals surface area contributed by atoms with Gasteiger partial charge in [0.1, 0.15) is 5.82 Å². The molecule has 0 radical (unpaired) electrons. The number of nitrogens with zero attached hydrogens (tertiary/aromatic N) is 2. The minimum atomic E-state index is -0.221. The summed E-state index contributed by atoms with van der Waals surface area (Å²) in [5, 5.41) is 3.41. The van der Waals surface area contributed by atoms with Crippen LogP contribution in [0.2, 0.25) is 0 Å². The van der Waals surface area contributed by atoms with Gasteiger partial charge in [-0.1, -0.05) is 28.1 Å². The van der Waals surface area contributed by atoms with Gasteiger partial charge in [-0.25, -0.2) is 4.98 Å². The Morgan fingerprint density at radius 1 is 1.06 bits per heavy atom. The molecule has 0 unspecified atom stereocenters. The Morgan fingerprint density at radius 3 is 2.71 bits per heavy atom. The molecule has 1 amide bonds. The van der Waals surface area contributed by atoms with Crippen LogP contribution < -0.4 is 10.9 Å². The molecule has 31 heavy (non-hydrogen) atoms. The van der Waals surface area contributed by atoms with Crippen molar-refractivity contribution in [2.75, 3.05) is 5.32 Å². The minimum absolute atomic E-state index is 0.172. The van der Waals surface area contributed by atoms with Gasteiger partial charge in [0.15, 0.2) is 0 Å². The Morgan fingerprint density at radius 2 is 1.90 bits per heavy atom. The van der Waals surface area contributed by atoms with Crippen molar-refractivity contribution in [1.82, 2.24) is 9.55 Å². The van der Waals surface area contributed by atoms with Gasteiger partial charge in [0.25, 0.3) is 11.5 Å². The first-order valence-corrected chi connectivity index (χ1v) is 11.4. The van der Waals surface area contributed by atoms with Crippen LogP contribution in [0.15, 0.2) is 69.9 Å². The summed E-state index contributed by atoms with van der Waals surface area (Å²) in [5.41, 5.74) is 4.13. The lowest BCUT2D eigenvalue weighted by Gasteiger charge is -2.13. The molecule has 0 saturated heterocycles. The number of nitrogens with one attached hydrogen (secondary N) is 1. The van der Waals surface area contributed by atoms with Crippen LogP contribution in [0.5, 0.6) is 0 Å². The van der Waals surface area contributed by atoms with Gasteiger partial charge in [0.2, 0.25) is 0 Å². The second kappa shape index (κ2) is 7.72. The van der Waals surface area contributed by atoms with Crippen LogP contribution in [0.4, 0.5) is 5.69 Å². The number of hydrogen-bond donors (Lipinski definition) is 1. The van der Waals surface area contributed by atoms with Crippen molar-refractivity contribution in [3.63, 3.8) is 0 Å². The summed E-state index contributed by atoms with van der Waals surface area (Å²) < 4.78 is 3.40. The summed E-state index contributed by atoms with van der Waals surface area (Å²) in [5.74, 6) is 0.183. The summed E-state index contributed by atoms with van der Waals surface area (Å²) in [6, 6.07) is 18.9. The third kappa shape index (κ3) is 3.61. The third-order valence-corrected chi connectivity index (χ3v) is 6.32. The van der Waals surface area contributed by atoms with Crippen LogP contribution >= 0.6 is 38.5 Å². The molecule has 0 aliphatic carbocycles. The number of carbonyl (C=O) groups is 1. The van der Waals surface area contributed by atoms with E-state index in [0.29, 0.717) is 28.0 Å². The molecule has 5 nitrogen and oxygen atoms in total. The molecule has 1 aliphatic rings. The highest BCUT2D eigenvalue weighted by Crippen LogP contribution is 2.35. The Kier molecular flexibility index (Phi) is 5.02. The fourth-order valence-electron chi connectivity index (χ4n) is 3.72. The van der Waals surface area contributed by atoms with Crippen molar-refractivity contribution in [3.8, 4) is 5.69 Å². The topological polar surface area (TPSA) is 64.0 Å². The van der Waals surface area contributed by atoms with Gasteiger partial charge in [0, 0.05) is 19.3 Å². The summed E-state index contributed by atoms with van der Waals surface area (Å²) in [6.45, 7) is 1.97. The number of fused-ring (bicyclic) bond motifs is 2. The average Bonchev–Trinajstić information content (AvgIpc) is 3.03. The lowest BCUT2D eigenvalue weighted by atomic mass is 10.1. The van der Waals surface area contributed by atoms with Crippen molar-refractivity contribution in [2.45, 2.75) is 6.92 Å². The number of aryl methyl sites for hydroxylation is 1. The lowest BCUT2D eigenvalue weighted by molar-refractivity contribution is -0.110. The molecule has 0 atom stereocenters. The van der Waals surface area contributed by atoms with E-state index in [-0.39, 0.29) is 11.5 Å². The second-order valence-corrected chi connectivity index (χ2v) is 9.47. The fourth-order valence-corrected chi connectivity index (χ4v) is 4.57. The van der Waals surface area contributed by atoms with Gasteiger partial charge >= 0.3 is 0 Å². The second-order valence-electron chi connectivity index (χ2n) is 7.31. The highest BCUT2D eigenvalue weighted by atomic mass is 127. The van der Waals surface area contributed by atoms with E-state index in [1.54, 1.807) is 10.6 Å². The maximum atomic E-state index is 13.6. The van der Waals surface area contributed by atoms with E-state index >= 15 is 0 Å². The zero-order chi connectivity index (χ0) is 21.7. The van der Waals surface area contributed by atoms with E-state index in [0.717, 1.165) is 24.9 Å². The van der Waals surface area contributed by atoms with Gasteiger partial charge in [-0.2, -0.15) is 0 Å². The SMILES string of the molecule is Cc1cccc(-n2c(/C=C3\C(=O)Nc4ccc(Br)cc43)nc3ccc(I)cc3c2=O)c1. The minimum Gasteiger partial charge on any atom is -0.321 e. The number of carbonyl (C=O) groups excluding carboxylic acids is 1. The Labute approximate surface area is 200 Å². The number of rotatable bonds is 2. The quantitative estimate of drug-likeness (QED) is 0.248. The highest BCUT2D eigenvalue weighted by molar-refractivity contribution is 14.1. The van der Waals surface area contributed by atoms with Gasteiger partial charge in [-0.05, 0) is 89.7 Å². The molecule has 0 fully saturated rings. The van der Waals surface area contributed by atoms with Crippen molar-refractivity contribution in [3.05, 3.63) is 96.0 Å². The van der Waals surface area contributed by atoms with Crippen LogP contribution in [0.3, 0.4) is 0 Å². The maximum absolute atomic E-state index is 13.6. The summed E-state index contributed by atoms with van der Waals surface area (Å²) in [6.07, 6.45) is 1.69. The molecule has 1 N–H and O–H groups in total. The largest absolute Gasteiger partial charge is 0.321 e. The molecule has 1 aliphatic heterocycles. The molecule has 2 heterocycles.